The van der Waals surface area contributed by atoms with Gasteiger partial charge in [0.1, 0.15) is 11.6 Å². The predicted molar refractivity (Wildman–Crippen MR) is 152 cm³/mol. The Balaban J connectivity index is 1.29. The van der Waals surface area contributed by atoms with Crippen molar-refractivity contribution in [2.45, 2.75) is 6.92 Å². The van der Waals surface area contributed by atoms with E-state index in [-0.39, 0.29) is 5.97 Å². The van der Waals surface area contributed by atoms with Crippen molar-refractivity contribution < 1.29 is 9.63 Å². The molecule has 0 amide bonds. The molecule has 1 fully saturated rings. The first-order valence-corrected chi connectivity index (χ1v) is 13.1. The maximum absolute atomic E-state index is 12.5. The van der Waals surface area contributed by atoms with Crippen LogP contribution in [0.5, 0.6) is 0 Å². The van der Waals surface area contributed by atoms with Crippen LogP contribution in [0.15, 0.2) is 78.9 Å². The molecule has 9 nitrogen and oxygen atoms in total. The zero-order valence-electron chi connectivity index (χ0n) is 21.3. The van der Waals surface area contributed by atoms with E-state index < -0.39 is 0 Å². The average molecular weight is 540 g/mol. The molecule has 0 spiro atoms. The first-order chi connectivity index (χ1) is 19.1. The number of benzene rings is 3. The van der Waals surface area contributed by atoms with Gasteiger partial charge >= 0.3 is 5.97 Å². The van der Waals surface area contributed by atoms with E-state index in [4.69, 9.17) is 26.4 Å². The highest BCUT2D eigenvalue weighted by Crippen LogP contribution is 2.33. The molecule has 2 aromatic heterocycles. The second-order valence-corrected chi connectivity index (χ2v) is 9.64. The molecule has 39 heavy (non-hydrogen) atoms. The van der Waals surface area contributed by atoms with Crippen molar-refractivity contribution in [3.8, 4) is 11.4 Å². The van der Waals surface area contributed by atoms with Crippen LogP contribution in [-0.2, 0) is 4.84 Å². The number of rotatable bonds is 6. The maximum atomic E-state index is 12.5. The van der Waals surface area contributed by atoms with Crippen LogP contribution >= 0.6 is 11.6 Å². The Hall–Kier alpha value is -4.47. The van der Waals surface area contributed by atoms with Crippen molar-refractivity contribution >= 4 is 45.9 Å². The third-order valence-corrected chi connectivity index (χ3v) is 7.03. The van der Waals surface area contributed by atoms with Crippen LogP contribution in [-0.4, -0.2) is 57.4 Å². The lowest BCUT2D eigenvalue weighted by Crippen LogP contribution is -2.47. The summed E-state index contributed by atoms with van der Waals surface area (Å²) in [5.41, 5.74) is 3.08. The van der Waals surface area contributed by atoms with E-state index in [1.54, 1.807) is 17.2 Å². The van der Waals surface area contributed by atoms with Gasteiger partial charge in [0.15, 0.2) is 11.6 Å². The van der Waals surface area contributed by atoms with E-state index in [1.807, 2.05) is 73.7 Å². The molecule has 2 N–H and O–H groups in total. The summed E-state index contributed by atoms with van der Waals surface area (Å²) in [5, 5.41) is 14.2. The number of aromatic amines is 1. The SMILES string of the molecule is Cc1c(Nc2n[nH]c3ccccc23)nc(-c2ccccc2Cl)nc1N1CCN(OC(=O)c2ccccc2)CC1. The molecule has 3 aromatic carbocycles. The monoisotopic (exact) mass is 539 g/mol. The Bertz CT molecular complexity index is 1630. The van der Waals surface area contributed by atoms with Crippen molar-refractivity contribution in [3.05, 3.63) is 95.0 Å². The van der Waals surface area contributed by atoms with Crippen molar-refractivity contribution in [3.63, 3.8) is 0 Å². The van der Waals surface area contributed by atoms with E-state index in [1.165, 1.54) is 0 Å². The number of halogens is 1. The molecule has 0 bridgehead atoms. The first kappa shape index (κ1) is 24.8. The molecule has 3 heterocycles. The minimum absolute atomic E-state index is 0.360. The van der Waals surface area contributed by atoms with Gasteiger partial charge in [0.05, 0.1) is 29.2 Å². The Morgan fingerprint density at radius 1 is 0.897 bits per heavy atom. The molecule has 196 valence electrons. The molecule has 0 unspecified atom stereocenters. The number of hydroxylamine groups is 2. The summed E-state index contributed by atoms with van der Waals surface area (Å²) in [6, 6.07) is 24.4. The standard InChI is InChI=1S/C29H26ClN7O2/c1-19-25(32-27-22-12-6-8-14-24(22)34-35-27)31-26(21-11-5-7-13-23(21)30)33-28(19)36-15-17-37(18-16-36)39-29(38)20-9-3-2-4-10-20/h2-14H,15-18H2,1H3,(H2,31,32,33,34,35). The summed E-state index contributed by atoms with van der Waals surface area (Å²) < 4.78 is 0. The molecule has 6 rings (SSSR count). The zero-order chi connectivity index (χ0) is 26.8. The van der Waals surface area contributed by atoms with E-state index >= 15 is 0 Å². The van der Waals surface area contributed by atoms with Crippen LogP contribution in [0, 0.1) is 6.92 Å². The molecular weight excluding hydrogens is 514 g/mol. The number of H-pyrrole nitrogens is 1. The number of piperazine rings is 1. The Morgan fingerprint density at radius 2 is 1.62 bits per heavy atom. The molecule has 0 saturated carbocycles. The minimum atomic E-state index is -0.360. The van der Waals surface area contributed by atoms with Crippen LogP contribution in [0.25, 0.3) is 22.3 Å². The molecule has 0 radical (unpaired) electrons. The van der Waals surface area contributed by atoms with Gasteiger partial charge in [-0.2, -0.15) is 5.10 Å². The summed E-state index contributed by atoms with van der Waals surface area (Å²) in [4.78, 5) is 30.1. The van der Waals surface area contributed by atoms with Crippen molar-refractivity contribution in [2.75, 3.05) is 36.4 Å². The number of anilines is 3. The smallest absolute Gasteiger partial charge is 0.357 e. The number of aromatic nitrogens is 4. The topological polar surface area (TPSA) is 99.3 Å². The zero-order valence-corrected chi connectivity index (χ0v) is 22.0. The fraction of sp³-hybridized carbons (Fsp3) is 0.172. The van der Waals surface area contributed by atoms with Crippen LogP contribution < -0.4 is 10.2 Å². The Kier molecular flexibility index (Phi) is 6.83. The number of carbonyl (C=O) groups is 1. The van der Waals surface area contributed by atoms with Crippen molar-refractivity contribution in [2.24, 2.45) is 0 Å². The number of para-hydroxylation sites is 1. The summed E-state index contributed by atoms with van der Waals surface area (Å²) in [6.07, 6.45) is 0. The molecule has 0 aliphatic carbocycles. The van der Waals surface area contributed by atoms with E-state index in [9.17, 15) is 4.79 Å². The molecule has 1 aliphatic rings. The fourth-order valence-corrected chi connectivity index (χ4v) is 4.82. The van der Waals surface area contributed by atoms with Gasteiger partial charge in [0.2, 0.25) is 0 Å². The summed E-state index contributed by atoms with van der Waals surface area (Å²) in [5.74, 6) is 2.27. The lowest BCUT2D eigenvalue weighted by atomic mass is 10.2. The minimum Gasteiger partial charge on any atom is -0.364 e. The fourth-order valence-electron chi connectivity index (χ4n) is 4.60. The van der Waals surface area contributed by atoms with Gasteiger partial charge < -0.3 is 15.1 Å². The van der Waals surface area contributed by atoms with Gasteiger partial charge in [-0.1, -0.05) is 54.1 Å². The largest absolute Gasteiger partial charge is 0.364 e. The molecule has 5 aromatic rings. The Morgan fingerprint density at radius 3 is 2.41 bits per heavy atom. The van der Waals surface area contributed by atoms with Crippen molar-refractivity contribution in [1.82, 2.24) is 25.2 Å². The summed E-state index contributed by atoms with van der Waals surface area (Å²) >= 11 is 6.54. The number of nitrogens with zero attached hydrogens (tertiary/aromatic N) is 5. The number of carbonyl (C=O) groups excluding carboxylic acids is 1. The van der Waals surface area contributed by atoms with E-state index in [2.05, 4.69) is 20.4 Å². The molecule has 0 atom stereocenters. The second kappa shape index (κ2) is 10.7. The number of hydrogen-bond acceptors (Lipinski definition) is 8. The first-order valence-electron chi connectivity index (χ1n) is 12.7. The van der Waals surface area contributed by atoms with Crippen LogP contribution in [0.4, 0.5) is 17.5 Å². The average Bonchev–Trinajstić information content (AvgIpc) is 3.38. The summed E-state index contributed by atoms with van der Waals surface area (Å²) in [6.45, 7) is 4.30. The van der Waals surface area contributed by atoms with Gasteiger partial charge in [-0.05, 0) is 43.3 Å². The van der Waals surface area contributed by atoms with Gasteiger partial charge in [-0.3, -0.25) is 5.10 Å². The third-order valence-electron chi connectivity index (χ3n) is 6.70. The van der Waals surface area contributed by atoms with Crippen molar-refractivity contribution in [1.29, 1.82) is 0 Å². The van der Waals surface area contributed by atoms with E-state index in [0.29, 0.717) is 54.2 Å². The quantitative estimate of drug-likeness (QED) is 0.287. The second-order valence-electron chi connectivity index (χ2n) is 9.23. The van der Waals surface area contributed by atoms with Gasteiger partial charge in [0, 0.05) is 29.6 Å². The number of hydrogen-bond donors (Lipinski definition) is 2. The lowest BCUT2D eigenvalue weighted by Gasteiger charge is -2.35. The van der Waals surface area contributed by atoms with Crippen LogP contribution in [0.1, 0.15) is 15.9 Å². The van der Waals surface area contributed by atoms with Gasteiger partial charge in [-0.15, -0.1) is 5.06 Å². The Labute approximate surface area is 230 Å². The molecule has 10 heteroatoms. The highest BCUT2D eigenvalue weighted by molar-refractivity contribution is 6.33. The number of nitrogens with one attached hydrogen (secondary N) is 2. The highest BCUT2D eigenvalue weighted by atomic mass is 35.5. The van der Waals surface area contributed by atoms with Crippen LogP contribution in [0.3, 0.4) is 0 Å². The molecule has 1 aliphatic heterocycles. The maximum Gasteiger partial charge on any atom is 0.357 e. The highest BCUT2D eigenvalue weighted by Gasteiger charge is 2.25. The van der Waals surface area contributed by atoms with Crippen LogP contribution in [0.2, 0.25) is 5.02 Å². The van der Waals surface area contributed by atoms with Gasteiger partial charge in [0.25, 0.3) is 0 Å². The molecule has 1 saturated heterocycles. The molecular formula is C29H26ClN7O2. The predicted octanol–water partition coefficient (Wildman–Crippen LogP) is 5.62. The van der Waals surface area contributed by atoms with E-state index in [0.717, 1.165) is 27.8 Å². The summed E-state index contributed by atoms with van der Waals surface area (Å²) in [7, 11) is 0. The normalized spacial score (nSPS) is 13.9. The number of fused-ring (bicyclic) bond motifs is 1. The lowest BCUT2D eigenvalue weighted by molar-refractivity contribution is -0.112. The third kappa shape index (κ3) is 5.14. The van der Waals surface area contributed by atoms with Gasteiger partial charge in [-0.25, -0.2) is 14.8 Å².